The Morgan fingerprint density at radius 1 is 1.07 bits per heavy atom. The highest BCUT2D eigenvalue weighted by molar-refractivity contribution is 6.32. The van der Waals surface area contributed by atoms with Crippen molar-refractivity contribution in [2.24, 2.45) is 0 Å². The van der Waals surface area contributed by atoms with E-state index in [0.717, 1.165) is 16.7 Å². The Hall–Kier alpha value is -3.31. The number of anilines is 1. The summed E-state index contributed by atoms with van der Waals surface area (Å²) in [4.78, 5) is 16.9. The molecule has 6 heteroatoms. The number of carbonyl (C=O) groups excluding carboxylic acids is 1. The summed E-state index contributed by atoms with van der Waals surface area (Å²) in [5, 5.41) is 3.28. The Labute approximate surface area is 161 Å². The van der Waals surface area contributed by atoms with Gasteiger partial charge in [-0.15, -0.1) is 0 Å². The van der Waals surface area contributed by atoms with E-state index < -0.39 is 0 Å². The lowest BCUT2D eigenvalue weighted by Crippen LogP contribution is -2.12. The van der Waals surface area contributed by atoms with Crippen molar-refractivity contribution in [1.82, 2.24) is 9.55 Å². The summed E-state index contributed by atoms with van der Waals surface area (Å²) in [5.41, 5.74) is 4.04. The van der Waals surface area contributed by atoms with E-state index in [2.05, 4.69) is 10.3 Å². The van der Waals surface area contributed by atoms with Crippen LogP contribution < -0.4 is 10.1 Å². The van der Waals surface area contributed by atoms with Gasteiger partial charge >= 0.3 is 0 Å². The first-order valence-electron chi connectivity index (χ1n) is 8.33. The predicted molar refractivity (Wildman–Crippen MR) is 107 cm³/mol. The molecule has 1 amide bonds. The van der Waals surface area contributed by atoms with Crippen LogP contribution in [0.15, 0.2) is 73.1 Å². The Morgan fingerprint density at radius 3 is 2.59 bits per heavy atom. The van der Waals surface area contributed by atoms with Gasteiger partial charge in [0.05, 0.1) is 23.2 Å². The molecule has 1 N–H and O–H groups in total. The summed E-state index contributed by atoms with van der Waals surface area (Å²) in [6.07, 6.45) is 1.78. The maximum atomic E-state index is 12.5. The lowest BCUT2D eigenvalue weighted by molar-refractivity contribution is 0.102. The van der Waals surface area contributed by atoms with Gasteiger partial charge in [-0.3, -0.25) is 9.36 Å². The van der Waals surface area contributed by atoms with Crippen LogP contribution in [-0.4, -0.2) is 22.6 Å². The summed E-state index contributed by atoms with van der Waals surface area (Å²) in [6, 6.07) is 20.4. The van der Waals surface area contributed by atoms with Gasteiger partial charge in [0.25, 0.3) is 5.91 Å². The molecule has 0 radical (unpaired) electrons. The molecule has 0 bridgehead atoms. The molecule has 0 atom stereocenters. The van der Waals surface area contributed by atoms with Crippen LogP contribution in [0.3, 0.4) is 0 Å². The topological polar surface area (TPSA) is 56.1 Å². The Balaban J connectivity index is 1.55. The normalized spacial score (nSPS) is 10.7. The summed E-state index contributed by atoms with van der Waals surface area (Å²) in [6.45, 7) is 0. The number of carbonyl (C=O) groups is 1. The number of nitrogens with zero attached hydrogens (tertiary/aromatic N) is 2. The van der Waals surface area contributed by atoms with Crippen LogP contribution in [-0.2, 0) is 0 Å². The number of amides is 1. The van der Waals surface area contributed by atoms with Gasteiger partial charge in [0.15, 0.2) is 0 Å². The van der Waals surface area contributed by atoms with Gasteiger partial charge in [-0.2, -0.15) is 0 Å². The second-order valence-electron chi connectivity index (χ2n) is 5.95. The fourth-order valence-electron chi connectivity index (χ4n) is 2.89. The zero-order chi connectivity index (χ0) is 18.8. The van der Waals surface area contributed by atoms with Crippen molar-refractivity contribution < 1.29 is 9.53 Å². The third-order valence-corrected chi connectivity index (χ3v) is 4.57. The molecule has 0 unspecified atom stereocenters. The molecule has 0 aliphatic heterocycles. The molecule has 0 aliphatic rings. The van der Waals surface area contributed by atoms with E-state index in [-0.39, 0.29) is 5.91 Å². The van der Waals surface area contributed by atoms with E-state index in [9.17, 15) is 4.79 Å². The number of fused-ring (bicyclic) bond motifs is 1. The van der Waals surface area contributed by atoms with Gasteiger partial charge < -0.3 is 10.1 Å². The smallest absolute Gasteiger partial charge is 0.255 e. The van der Waals surface area contributed by atoms with Crippen LogP contribution in [0.4, 0.5) is 5.69 Å². The van der Waals surface area contributed by atoms with Crippen LogP contribution in [0.1, 0.15) is 10.4 Å². The second-order valence-corrected chi connectivity index (χ2v) is 6.36. The van der Waals surface area contributed by atoms with E-state index in [1.165, 1.54) is 0 Å². The minimum atomic E-state index is -0.210. The summed E-state index contributed by atoms with van der Waals surface area (Å²) in [5.74, 6) is 0.352. The van der Waals surface area contributed by atoms with Gasteiger partial charge in [-0.25, -0.2) is 4.98 Å². The van der Waals surface area contributed by atoms with Crippen molar-refractivity contribution >= 4 is 34.2 Å². The first-order valence-corrected chi connectivity index (χ1v) is 8.71. The van der Waals surface area contributed by atoms with Crippen LogP contribution in [0.25, 0.3) is 16.7 Å². The maximum Gasteiger partial charge on any atom is 0.255 e. The number of hydrogen-bond acceptors (Lipinski definition) is 3. The first kappa shape index (κ1) is 17.1. The molecule has 0 fully saturated rings. The summed E-state index contributed by atoms with van der Waals surface area (Å²) < 4.78 is 7.10. The molecule has 1 heterocycles. The summed E-state index contributed by atoms with van der Waals surface area (Å²) >= 11 is 6.10. The minimum Gasteiger partial charge on any atom is -0.495 e. The van der Waals surface area contributed by atoms with Crippen molar-refractivity contribution in [2.75, 3.05) is 12.4 Å². The van der Waals surface area contributed by atoms with Crippen LogP contribution in [0.5, 0.6) is 5.75 Å². The SMILES string of the molecule is COc1ccc(NC(=O)c2ccc(-n3cnc4ccccc43)cc2)cc1Cl. The molecule has 0 saturated heterocycles. The van der Waals surface area contributed by atoms with Crippen molar-refractivity contribution in [2.45, 2.75) is 0 Å². The number of aromatic nitrogens is 2. The average Bonchev–Trinajstić information content (AvgIpc) is 3.12. The lowest BCUT2D eigenvalue weighted by Gasteiger charge is -2.09. The predicted octanol–water partition coefficient (Wildman–Crippen LogP) is 4.94. The highest BCUT2D eigenvalue weighted by atomic mass is 35.5. The zero-order valence-corrected chi connectivity index (χ0v) is 15.3. The second kappa shape index (κ2) is 7.13. The molecule has 134 valence electrons. The van der Waals surface area contributed by atoms with Gasteiger partial charge in [0.1, 0.15) is 12.1 Å². The van der Waals surface area contributed by atoms with Gasteiger partial charge in [-0.1, -0.05) is 23.7 Å². The Kier molecular flexibility index (Phi) is 4.52. The number of benzene rings is 3. The quantitative estimate of drug-likeness (QED) is 0.548. The molecular formula is C21H16ClN3O2. The number of ether oxygens (including phenoxy) is 1. The van der Waals surface area contributed by atoms with E-state index in [1.54, 1.807) is 43.8 Å². The third-order valence-electron chi connectivity index (χ3n) is 4.27. The first-order chi connectivity index (χ1) is 13.2. The molecule has 4 aromatic rings. The third kappa shape index (κ3) is 3.37. The largest absolute Gasteiger partial charge is 0.495 e. The molecule has 5 nitrogen and oxygen atoms in total. The Morgan fingerprint density at radius 2 is 1.85 bits per heavy atom. The van der Waals surface area contributed by atoms with E-state index in [0.29, 0.717) is 22.0 Å². The number of rotatable bonds is 4. The Bertz CT molecular complexity index is 1120. The highest BCUT2D eigenvalue weighted by Crippen LogP contribution is 2.27. The molecule has 0 saturated carbocycles. The van der Waals surface area contributed by atoms with Crippen LogP contribution in [0, 0.1) is 0 Å². The van der Waals surface area contributed by atoms with Gasteiger partial charge in [0.2, 0.25) is 0 Å². The molecule has 0 aliphatic carbocycles. The lowest BCUT2D eigenvalue weighted by atomic mass is 10.2. The monoisotopic (exact) mass is 377 g/mol. The number of halogens is 1. The number of imidazole rings is 1. The molecule has 0 spiro atoms. The number of hydrogen-bond donors (Lipinski definition) is 1. The number of nitrogens with one attached hydrogen (secondary N) is 1. The molecule has 4 rings (SSSR count). The maximum absolute atomic E-state index is 12.5. The van der Waals surface area contributed by atoms with Crippen LogP contribution in [0.2, 0.25) is 5.02 Å². The average molecular weight is 378 g/mol. The van der Waals surface area contributed by atoms with E-state index >= 15 is 0 Å². The number of para-hydroxylation sites is 2. The fraction of sp³-hybridized carbons (Fsp3) is 0.0476. The molecular weight excluding hydrogens is 362 g/mol. The fourth-order valence-corrected chi connectivity index (χ4v) is 3.14. The van der Waals surface area contributed by atoms with Crippen molar-refractivity contribution in [1.29, 1.82) is 0 Å². The van der Waals surface area contributed by atoms with E-state index in [1.807, 2.05) is 41.0 Å². The highest BCUT2D eigenvalue weighted by Gasteiger charge is 2.09. The zero-order valence-electron chi connectivity index (χ0n) is 14.5. The van der Waals surface area contributed by atoms with Crippen molar-refractivity contribution in [3.63, 3.8) is 0 Å². The van der Waals surface area contributed by atoms with E-state index in [4.69, 9.17) is 16.3 Å². The van der Waals surface area contributed by atoms with Crippen molar-refractivity contribution in [3.05, 3.63) is 83.6 Å². The minimum absolute atomic E-state index is 0.210. The summed E-state index contributed by atoms with van der Waals surface area (Å²) in [7, 11) is 1.55. The number of methoxy groups -OCH3 is 1. The van der Waals surface area contributed by atoms with Crippen molar-refractivity contribution in [3.8, 4) is 11.4 Å². The molecule has 3 aromatic carbocycles. The molecule has 27 heavy (non-hydrogen) atoms. The standard InChI is InChI=1S/C21H16ClN3O2/c1-27-20-11-8-15(12-17(20)22)24-21(26)14-6-9-16(10-7-14)25-13-23-18-4-2-3-5-19(18)25/h2-13H,1H3,(H,24,26). The van der Waals surface area contributed by atoms with Gasteiger partial charge in [-0.05, 0) is 54.6 Å². The van der Waals surface area contributed by atoms with Gasteiger partial charge in [0, 0.05) is 16.9 Å². The molecule has 1 aromatic heterocycles. The van der Waals surface area contributed by atoms with Crippen LogP contribution >= 0.6 is 11.6 Å².